The summed E-state index contributed by atoms with van der Waals surface area (Å²) >= 11 is 0. The van der Waals surface area contributed by atoms with Crippen molar-refractivity contribution in [2.45, 2.75) is 52.6 Å². The van der Waals surface area contributed by atoms with E-state index in [2.05, 4.69) is 36.3 Å². The van der Waals surface area contributed by atoms with Crippen LogP contribution in [0.3, 0.4) is 0 Å². The van der Waals surface area contributed by atoms with Crippen LogP contribution in [0.1, 0.15) is 50.3 Å². The van der Waals surface area contributed by atoms with E-state index < -0.39 is 6.04 Å². The molecule has 0 fully saturated rings. The largest absolute Gasteiger partial charge is 0.342 e. The number of likely N-dealkylation sites (N-methyl/N-ethyl adjacent to an activating group) is 2. The van der Waals surface area contributed by atoms with Crippen LogP contribution in [0.5, 0.6) is 0 Å². The lowest BCUT2D eigenvalue weighted by Crippen LogP contribution is -2.54. The Balaban J connectivity index is 0.000000407. The molecule has 208 valence electrons. The van der Waals surface area contributed by atoms with Gasteiger partial charge in [0.1, 0.15) is 11.6 Å². The zero-order chi connectivity index (χ0) is 28.9. The molecule has 3 aromatic carbocycles. The van der Waals surface area contributed by atoms with Gasteiger partial charge in [0.2, 0.25) is 5.91 Å². The first-order valence-corrected chi connectivity index (χ1v) is 13.6. The van der Waals surface area contributed by atoms with Crippen LogP contribution in [0.4, 0.5) is 10.1 Å². The third-order valence-electron chi connectivity index (χ3n) is 6.55. The van der Waals surface area contributed by atoms with Gasteiger partial charge in [0.15, 0.2) is 0 Å². The molecule has 0 radical (unpaired) electrons. The van der Waals surface area contributed by atoms with Crippen LogP contribution in [0.15, 0.2) is 96.8 Å². The SMILES string of the molecule is C=Cc1cccc(C)c1.CC.CCN1C(=O)C(N)C(c2ccc(F)cc2)C(C(C)NC)=C1Nc1ccccc1. The van der Waals surface area contributed by atoms with Gasteiger partial charge in [0.25, 0.3) is 0 Å². The molecule has 1 aliphatic heterocycles. The van der Waals surface area contributed by atoms with Crippen molar-refractivity contribution in [3.63, 3.8) is 0 Å². The van der Waals surface area contributed by atoms with Crippen LogP contribution in [0, 0.1) is 12.7 Å². The normalized spacial score (nSPS) is 17.3. The van der Waals surface area contributed by atoms with Crippen LogP contribution < -0.4 is 16.4 Å². The molecular weight excluding hydrogens is 487 g/mol. The lowest BCUT2D eigenvalue weighted by Gasteiger charge is -2.42. The summed E-state index contributed by atoms with van der Waals surface area (Å²) < 4.78 is 13.5. The van der Waals surface area contributed by atoms with E-state index in [9.17, 15) is 9.18 Å². The highest BCUT2D eigenvalue weighted by molar-refractivity contribution is 5.88. The van der Waals surface area contributed by atoms with Gasteiger partial charge in [-0.15, -0.1) is 0 Å². The van der Waals surface area contributed by atoms with Crippen molar-refractivity contribution in [3.8, 4) is 0 Å². The molecule has 1 heterocycles. The Labute approximate surface area is 233 Å². The first kappa shape index (κ1) is 31.5. The lowest BCUT2D eigenvalue weighted by atomic mass is 9.78. The Kier molecular flexibility index (Phi) is 12.6. The van der Waals surface area contributed by atoms with E-state index in [1.165, 1.54) is 23.3 Å². The second-order valence-corrected chi connectivity index (χ2v) is 9.06. The second-order valence-electron chi connectivity index (χ2n) is 9.06. The maximum absolute atomic E-state index is 13.5. The molecule has 1 amide bonds. The smallest absolute Gasteiger partial charge is 0.245 e. The maximum atomic E-state index is 13.5. The highest BCUT2D eigenvalue weighted by atomic mass is 19.1. The quantitative estimate of drug-likeness (QED) is 0.318. The predicted molar refractivity (Wildman–Crippen MR) is 163 cm³/mol. The summed E-state index contributed by atoms with van der Waals surface area (Å²) in [5.41, 5.74) is 11.6. The number of nitrogens with zero attached hydrogens (tertiary/aromatic N) is 1. The number of amides is 1. The van der Waals surface area contributed by atoms with E-state index in [1.807, 2.05) is 83.3 Å². The number of halogens is 1. The zero-order valence-corrected chi connectivity index (χ0v) is 24.0. The molecular formula is C33H43FN4O. The molecule has 5 nitrogen and oxygen atoms in total. The number of rotatable bonds is 7. The Bertz CT molecular complexity index is 1220. The molecule has 3 atom stereocenters. The number of hydrogen-bond donors (Lipinski definition) is 3. The highest BCUT2D eigenvalue weighted by Crippen LogP contribution is 2.38. The summed E-state index contributed by atoms with van der Waals surface area (Å²) in [6.45, 7) is 14.2. The number of hydrogen-bond acceptors (Lipinski definition) is 4. The molecule has 0 aliphatic carbocycles. The van der Waals surface area contributed by atoms with Gasteiger partial charge < -0.3 is 16.4 Å². The Morgan fingerprint density at radius 1 is 1.05 bits per heavy atom. The number of aryl methyl sites for hydroxylation is 1. The summed E-state index contributed by atoms with van der Waals surface area (Å²) in [4.78, 5) is 14.8. The predicted octanol–water partition coefficient (Wildman–Crippen LogP) is 6.69. The minimum atomic E-state index is -0.738. The molecule has 3 unspecified atom stereocenters. The van der Waals surface area contributed by atoms with E-state index >= 15 is 0 Å². The number of benzene rings is 3. The third kappa shape index (κ3) is 8.12. The number of nitrogens with two attached hydrogens (primary N) is 1. The summed E-state index contributed by atoms with van der Waals surface area (Å²) in [5.74, 6) is -0.0899. The molecule has 6 heteroatoms. The van der Waals surface area contributed by atoms with Gasteiger partial charge in [-0.2, -0.15) is 0 Å². The number of anilines is 1. The van der Waals surface area contributed by atoms with E-state index in [-0.39, 0.29) is 23.7 Å². The summed E-state index contributed by atoms with van der Waals surface area (Å²) in [7, 11) is 1.87. The van der Waals surface area contributed by atoms with Crippen molar-refractivity contribution in [2.24, 2.45) is 5.73 Å². The molecule has 0 spiro atoms. The molecule has 1 aliphatic rings. The number of nitrogens with one attached hydrogen (secondary N) is 2. The minimum absolute atomic E-state index is 0.0468. The van der Waals surface area contributed by atoms with Crippen LogP contribution in [0.2, 0.25) is 0 Å². The topological polar surface area (TPSA) is 70.4 Å². The fourth-order valence-electron chi connectivity index (χ4n) is 4.53. The van der Waals surface area contributed by atoms with Gasteiger partial charge in [-0.25, -0.2) is 4.39 Å². The van der Waals surface area contributed by atoms with Crippen molar-refractivity contribution in [2.75, 3.05) is 18.9 Å². The molecule has 0 bridgehead atoms. The first-order valence-electron chi connectivity index (χ1n) is 13.6. The number of carbonyl (C=O) groups excluding carboxylic acids is 1. The summed E-state index contributed by atoms with van der Waals surface area (Å²) in [5, 5.41) is 6.70. The molecule has 0 aromatic heterocycles. The Morgan fingerprint density at radius 2 is 1.69 bits per heavy atom. The molecule has 0 saturated carbocycles. The molecule has 0 saturated heterocycles. The van der Waals surface area contributed by atoms with Crippen molar-refractivity contribution in [3.05, 3.63) is 119 Å². The number of carbonyl (C=O) groups is 1. The zero-order valence-electron chi connectivity index (χ0n) is 24.0. The summed E-state index contributed by atoms with van der Waals surface area (Å²) in [6, 6.07) is 23.4. The van der Waals surface area contributed by atoms with Crippen LogP contribution >= 0.6 is 0 Å². The van der Waals surface area contributed by atoms with E-state index in [1.54, 1.807) is 17.0 Å². The number of para-hydroxylation sites is 1. The minimum Gasteiger partial charge on any atom is -0.342 e. The van der Waals surface area contributed by atoms with Gasteiger partial charge in [0.05, 0.1) is 6.04 Å². The standard InChI is InChI=1S/C22H27FN4O.C9H10.C2H6/c1-4-27-21(26-17-8-6-5-7-9-17)18(14(2)25-3)19(20(24)22(27)28)15-10-12-16(23)13-11-15;1-3-9-6-4-5-8(2)7-9;1-2/h5-14,19-20,25-26H,4,24H2,1-3H3;3-7H,1H2,2H3;1-2H3. The van der Waals surface area contributed by atoms with Gasteiger partial charge >= 0.3 is 0 Å². The van der Waals surface area contributed by atoms with Crippen LogP contribution in [-0.2, 0) is 4.79 Å². The fourth-order valence-corrected chi connectivity index (χ4v) is 4.53. The third-order valence-corrected chi connectivity index (χ3v) is 6.55. The molecule has 39 heavy (non-hydrogen) atoms. The highest BCUT2D eigenvalue weighted by Gasteiger charge is 2.42. The molecule has 3 aromatic rings. The van der Waals surface area contributed by atoms with Crippen molar-refractivity contribution >= 4 is 17.7 Å². The van der Waals surface area contributed by atoms with Crippen LogP contribution in [-0.4, -0.2) is 36.5 Å². The lowest BCUT2D eigenvalue weighted by molar-refractivity contribution is -0.131. The van der Waals surface area contributed by atoms with Crippen molar-refractivity contribution in [1.29, 1.82) is 0 Å². The Hall–Kier alpha value is -3.74. The van der Waals surface area contributed by atoms with Gasteiger partial charge in [0, 0.05) is 24.2 Å². The van der Waals surface area contributed by atoms with Crippen molar-refractivity contribution < 1.29 is 9.18 Å². The van der Waals surface area contributed by atoms with Crippen LogP contribution in [0.25, 0.3) is 6.08 Å². The monoisotopic (exact) mass is 530 g/mol. The molecule has 4 N–H and O–H groups in total. The second kappa shape index (κ2) is 15.6. The van der Waals surface area contributed by atoms with Gasteiger partial charge in [-0.3, -0.25) is 9.69 Å². The molecule has 4 rings (SSSR count). The van der Waals surface area contributed by atoms with E-state index in [0.29, 0.717) is 6.54 Å². The summed E-state index contributed by atoms with van der Waals surface area (Å²) in [6.07, 6.45) is 1.85. The van der Waals surface area contributed by atoms with Gasteiger partial charge in [-0.05, 0) is 68.8 Å². The van der Waals surface area contributed by atoms with E-state index in [0.717, 1.165) is 22.6 Å². The average molecular weight is 531 g/mol. The van der Waals surface area contributed by atoms with Crippen molar-refractivity contribution in [1.82, 2.24) is 10.2 Å². The van der Waals surface area contributed by atoms with E-state index in [4.69, 9.17) is 5.73 Å². The average Bonchev–Trinajstić information content (AvgIpc) is 2.97. The fraction of sp³-hybridized carbons (Fsp3) is 0.303. The first-order chi connectivity index (χ1) is 18.8. The van der Waals surface area contributed by atoms with Gasteiger partial charge in [-0.1, -0.05) is 86.7 Å². The maximum Gasteiger partial charge on any atom is 0.245 e. The Morgan fingerprint density at radius 3 is 2.21 bits per heavy atom.